The third kappa shape index (κ3) is 6.21. The summed E-state index contributed by atoms with van der Waals surface area (Å²) in [5, 5.41) is 6.17. The highest BCUT2D eigenvalue weighted by Crippen LogP contribution is 2.15. The monoisotopic (exact) mass is 342 g/mol. The fourth-order valence-corrected chi connectivity index (χ4v) is 2.33. The number of anilines is 1. The van der Waals surface area contributed by atoms with Gasteiger partial charge < -0.3 is 20.1 Å². The summed E-state index contributed by atoms with van der Waals surface area (Å²) in [4.78, 5) is 12.3. The average Bonchev–Trinajstić information content (AvgIpc) is 2.64. The van der Waals surface area contributed by atoms with Gasteiger partial charge in [-0.25, -0.2) is 0 Å². The molecule has 2 aromatic carbocycles. The first kappa shape index (κ1) is 19.0. The Morgan fingerprint density at radius 2 is 1.88 bits per heavy atom. The summed E-state index contributed by atoms with van der Waals surface area (Å²) in [6.07, 6.45) is -0.552. The van der Waals surface area contributed by atoms with Crippen molar-refractivity contribution in [3.8, 4) is 5.75 Å². The zero-order chi connectivity index (χ0) is 18.1. The van der Waals surface area contributed by atoms with Gasteiger partial charge in [0.1, 0.15) is 11.9 Å². The van der Waals surface area contributed by atoms with E-state index in [9.17, 15) is 4.79 Å². The van der Waals surface area contributed by atoms with Gasteiger partial charge in [-0.2, -0.15) is 0 Å². The summed E-state index contributed by atoms with van der Waals surface area (Å²) >= 11 is 0. The van der Waals surface area contributed by atoms with E-state index in [1.165, 1.54) is 0 Å². The summed E-state index contributed by atoms with van der Waals surface area (Å²) in [6, 6.07) is 15.4. The maximum atomic E-state index is 12.3. The molecule has 0 fully saturated rings. The number of methoxy groups -OCH3 is 1. The van der Waals surface area contributed by atoms with Crippen molar-refractivity contribution >= 4 is 11.6 Å². The van der Waals surface area contributed by atoms with E-state index < -0.39 is 6.10 Å². The van der Waals surface area contributed by atoms with Gasteiger partial charge in [-0.3, -0.25) is 4.79 Å². The first-order chi connectivity index (χ1) is 12.1. The Hall–Kier alpha value is -2.37. The number of hydrogen-bond donors (Lipinski definition) is 2. The molecule has 1 amide bonds. The topological polar surface area (TPSA) is 59.6 Å². The lowest BCUT2D eigenvalue weighted by molar-refractivity contribution is -0.127. The van der Waals surface area contributed by atoms with E-state index in [-0.39, 0.29) is 5.91 Å². The number of rotatable bonds is 9. The van der Waals surface area contributed by atoms with Gasteiger partial charge in [0.05, 0.1) is 13.7 Å². The molecule has 0 unspecified atom stereocenters. The van der Waals surface area contributed by atoms with Crippen LogP contribution in [-0.2, 0) is 22.7 Å². The van der Waals surface area contributed by atoms with Crippen LogP contribution in [0.5, 0.6) is 5.75 Å². The van der Waals surface area contributed by atoms with Crippen molar-refractivity contribution < 1.29 is 14.3 Å². The molecule has 0 aliphatic carbocycles. The molecule has 5 nitrogen and oxygen atoms in total. The van der Waals surface area contributed by atoms with E-state index in [4.69, 9.17) is 9.47 Å². The van der Waals surface area contributed by atoms with Crippen LogP contribution in [0.4, 0.5) is 5.69 Å². The van der Waals surface area contributed by atoms with Crippen molar-refractivity contribution in [2.45, 2.75) is 33.1 Å². The minimum absolute atomic E-state index is 0.163. The van der Waals surface area contributed by atoms with Crippen LogP contribution in [0.15, 0.2) is 48.5 Å². The van der Waals surface area contributed by atoms with Crippen LogP contribution in [-0.4, -0.2) is 25.7 Å². The molecule has 0 saturated carbocycles. The van der Waals surface area contributed by atoms with Gasteiger partial charge in [0.2, 0.25) is 0 Å². The lowest BCUT2D eigenvalue weighted by Gasteiger charge is -2.14. The molecule has 2 rings (SSSR count). The maximum Gasteiger partial charge on any atom is 0.253 e. The molecule has 2 aromatic rings. The number of carbonyl (C=O) groups is 1. The average molecular weight is 342 g/mol. The summed E-state index contributed by atoms with van der Waals surface area (Å²) in [5.41, 5.74) is 2.87. The second-order valence-electron chi connectivity index (χ2n) is 5.77. The highest BCUT2D eigenvalue weighted by molar-refractivity contribution is 5.93. The maximum absolute atomic E-state index is 12.3. The highest BCUT2D eigenvalue weighted by atomic mass is 16.5. The largest absolute Gasteiger partial charge is 0.497 e. The van der Waals surface area contributed by atoms with E-state index in [1.54, 1.807) is 14.0 Å². The fraction of sp³-hybridized carbons (Fsp3) is 0.350. The van der Waals surface area contributed by atoms with Gasteiger partial charge in [0, 0.05) is 12.2 Å². The van der Waals surface area contributed by atoms with Crippen molar-refractivity contribution in [1.82, 2.24) is 5.32 Å². The van der Waals surface area contributed by atoms with Gasteiger partial charge in [0.25, 0.3) is 5.91 Å². The summed E-state index contributed by atoms with van der Waals surface area (Å²) < 4.78 is 10.9. The lowest BCUT2D eigenvalue weighted by atomic mass is 10.2. The SMILES string of the molecule is CCNCc1cccc(NC(=O)[C@@H](C)OCc2cccc(OC)c2)c1. The molecule has 0 spiro atoms. The van der Waals surface area contributed by atoms with Crippen LogP contribution in [0.3, 0.4) is 0 Å². The van der Waals surface area contributed by atoms with E-state index in [0.717, 1.165) is 35.7 Å². The molecule has 2 N–H and O–H groups in total. The van der Waals surface area contributed by atoms with Crippen LogP contribution in [0.2, 0.25) is 0 Å². The van der Waals surface area contributed by atoms with Gasteiger partial charge in [0.15, 0.2) is 0 Å². The smallest absolute Gasteiger partial charge is 0.253 e. The molecule has 5 heteroatoms. The molecular formula is C20H26N2O3. The molecule has 0 radical (unpaired) electrons. The standard InChI is InChI=1S/C20H26N2O3/c1-4-21-13-16-7-5-9-18(11-16)22-20(23)15(2)25-14-17-8-6-10-19(12-17)24-3/h5-12,15,21H,4,13-14H2,1-3H3,(H,22,23)/t15-/m1/s1. The molecule has 0 aliphatic rings. The quantitative estimate of drug-likeness (QED) is 0.734. The highest BCUT2D eigenvalue weighted by Gasteiger charge is 2.14. The number of ether oxygens (including phenoxy) is 2. The number of benzene rings is 2. The van der Waals surface area contributed by atoms with Gasteiger partial charge in [-0.1, -0.05) is 31.2 Å². The van der Waals surface area contributed by atoms with Crippen LogP contribution in [0.25, 0.3) is 0 Å². The number of nitrogens with one attached hydrogen (secondary N) is 2. The minimum atomic E-state index is -0.552. The summed E-state index contributed by atoms with van der Waals surface area (Å²) in [5.74, 6) is 0.610. The Labute approximate surface area is 149 Å². The molecule has 0 heterocycles. The van der Waals surface area contributed by atoms with Crippen LogP contribution in [0.1, 0.15) is 25.0 Å². The Morgan fingerprint density at radius 1 is 1.12 bits per heavy atom. The van der Waals surface area contributed by atoms with Gasteiger partial charge in [-0.05, 0) is 48.9 Å². The van der Waals surface area contributed by atoms with Crippen molar-refractivity contribution in [3.05, 3.63) is 59.7 Å². The molecule has 1 atom stereocenters. The molecule has 0 aliphatic heterocycles. The Kier molecular flexibility index (Phi) is 7.44. The number of hydrogen-bond acceptors (Lipinski definition) is 4. The molecule has 134 valence electrons. The predicted octanol–water partition coefficient (Wildman–Crippen LogP) is 3.35. The third-order valence-electron chi connectivity index (χ3n) is 3.78. The Morgan fingerprint density at radius 3 is 2.64 bits per heavy atom. The second kappa shape index (κ2) is 9.81. The van der Waals surface area contributed by atoms with Crippen LogP contribution in [0, 0.1) is 0 Å². The molecule has 0 aromatic heterocycles. The zero-order valence-electron chi connectivity index (χ0n) is 15.0. The van der Waals surface area contributed by atoms with E-state index in [2.05, 4.69) is 17.6 Å². The van der Waals surface area contributed by atoms with Crippen molar-refractivity contribution in [1.29, 1.82) is 0 Å². The number of carbonyl (C=O) groups excluding carboxylic acids is 1. The first-order valence-electron chi connectivity index (χ1n) is 8.47. The van der Waals surface area contributed by atoms with Gasteiger partial charge in [-0.15, -0.1) is 0 Å². The summed E-state index contributed by atoms with van der Waals surface area (Å²) in [6.45, 7) is 5.85. The molecule has 0 saturated heterocycles. The molecular weight excluding hydrogens is 316 g/mol. The van der Waals surface area contributed by atoms with E-state index in [0.29, 0.717) is 6.61 Å². The first-order valence-corrected chi connectivity index (χ1v) is 8.47. The molecule has 0 bridgehead atoms. The van der Waals surface area contributed by atoms with Crippen molar-refractivity contribution in [2.24, 2.45) is 0 Å². The normalized spacial score (nSPS) is 11.8. The van der Waals surface area contributed by atoms with Crippen LogP contribution >= 0.6 is 0 Å². The van der Waals surface area contributed by atoms with Crippen molar-refractivity contribution in [3.63, 3.8) is 0 Å². The Balaban J connectivity index is 1.87. The van der Waals surface area contributed by atoms with E-state index in [1.807, 2.05) is 48.5 Å². The van der Waals surface area contributed by atoms with Crippen LogP contribution < -0.4 is 15.4 Å². The third-order valence-corrected chi connectivity index (χ3v) is 3.78. The minimum Gasteiger partial charge on any atom is -0.497 e. The zero-order valence-corrected chi connectivity index (χ0v) is 15.0. The van der Waals surface area contributed by atoms with Crippen molar-refractivity contribution in [2.75, 3.05) is 19.0 Å². The Bertz CT molecular complexity index is 688. The van der Waals surface area contributed by atoms with E-state index >= 15 is 0 Å². The predicted molar refractivity (Wildman–Crippen MR) is 99.7 cm³/mol. The summed E-state index contributed by atoms with van der Waals surface area (Å²) in [7, 11) is 1.63. The fourth-order valence-electron chi connectivity index (χ4n) is 2.33. The number of amides is 1. The second-order valence-corrected chi connectivity index (χ2v) is 5.77. The lowest BCUT2D eigenvalue weighted by Crippen LogP contribution is -2.27. The molecule has 25 heavy (non-hydrogen) atoms. The van der Waals surface area contributed by atoms with Gasteiger partial charge >= 0.3 is 0 Å².